The molecule has 0 radical (unpaired) electrons. The van der Waals surface area contributed by atoms with Crippen LogP contribution >= 0.6 is 0 Å². The average molecular weight is 347 g/mol. The van der Waals surface area contributed by atoms with E-state index in [9.17, 15) is 24.3 Å². The van der Waals surface area contributed by atoms with E-state index in [1.807, 2.05) is 4.90 Å². The smallest absolute Gasteiger partial charge is 0.341 e. The molecule has 0 atom stereocenters. The van der Waals surface area contributed by atoms with Crippen LogP contribution in [0.5, 0.6) is 0 Å². The van der Waals surface area contributed by atoms with Crippen LogP contribution in [0.2, 0.25) is 0 Å². The summed E-state index contributed by atoms with van der Waals surface area (Å²) < 4.78 is 16.4. The summed E-state index contributed by atoms with van der Waals surface area (Å²) in [5, 5.41) is 20.9. The van der Waals surface area contributed by atoms with Crippen molar-refractivity contribution >= 4 is 22.6 Å². The van der Waals surface area contributed by atoms with Gasteiger partial charge < -0.3 is 24.8 Å². The lowest BCUT2D eigenvalue weighted by Gasteiger charge is -2.35. The van der Waals surface area contributed by atoms with E-state index in [0.29, 0.717) is 37.4 Å². The van der Waals surface area contributed by atoms with Crippen molar-refractivity contribution in [2.24, 2.45) is 0 Å². The third-order valence-electron chi connectivity index (χ3n) is 4.93. The molecule has 1 aliphatic heterocycles. The number of anilines is 1. The molecule has 1 aromatic heterocycles. The number of hydroxylamine groups is 2. The summed E-state index contributed by atoms with van der Waals surface area (Å²) in [6.45, 7) is 1.65. The number of pyridine rings is 1. The fraction of sp³-hybridized carbons (Fsp3) is 0.412. The number of piperazine rings is 1. The Kier molecular flexibility index (Phi) is 3.73. The lowest BCUT2D eigenvalue weighted by Crippen LogP contribution is -3.10. The first-order valence-corrected chi connectivity index (χ1v) is 8.34. The molecule has 132 valence electrons. The Balaban J connectivity index is 1.90. The van der Waals surface area contributed by atoms with Crippen molar-refractivity contribution in [3.63, 3.8) is 0 Å². The molecule has 0 amide bonds. The van der Waals surface area contributed by atoms with E-state index < -0.39 is 17.2 Å². The van der Waals surface area contributed by atoms with Crippen molar-refractivity contribution in [1.82, 2.24) is 4.57 Å². The largest absolute Gasteiger partial charge is 0.634 e. The summed E-state index contributed by atoms with van der Waals surface area (Å²) in [6, 6.07) is 2.89. The van der Waals surface area contributed by atoms with Crippen molar-refractivity contribution in [2.75, 3.05) is 31.1 Å². The van der Waals surface area contributed by atoms with Gasteiger partial charge in [-0.3, -0.25) is 4.79 Å². The highest BCUT2D eigenvalue weighted by molar-refractivity contribution is 5.93. The number of fused-ring (bicyclic) bond motifs is 1. The quantitative estimate of drug-likeness (QED) is 0.784. The van der Waals surface area contributed by atoms with Gasteiger partial charge in [-0.1, -0.05) is 0 Å². The molecule has 2 heterocycles. The predicted octanol–water partition coefficient (Wildman–Crippen LogP) is 0.376. The van der Waals surface area contributed by atoms with Crippen LogP contribution in [0, 0.1) is 11.0 Å². The van der Waals surface area contributed by atoms with E-state index in [0.717, 1.165) is 18.9 Å². The van der Waals surface area contributed by atoms with E-state index >= 15 is 0 Å². The Morgan fingerprint density at radius 2 is 1.96 bits per heavy atom. The van der Waals surface area contributed by atoms with E-state index in [1.54, 1.807) is 10.6 Å². The van der Waals surface area contributed by atoms with Gasteiger partial charge in [0, 0.05) is 17.6 Å². The molecule has 0 spiro atoms. The van der Waals surface area contributed by atoms with Gasteiger partial charge in [0.2, 0.25) is 5.43 Å². The van der Waals surface area contributed by atoms with Crippen molar-refractivity contribution in [3.05, 3.63) is 45.1 Å². The fourth-order valence-corrected chi connectivity index (χ4v) is 3.41. The summed E-state index contributed by atoms with van der Waals surface area (Å²) in [7, 11) is 0. The van der Waals surface area contributed by atoms with Crippen LogP contribution < -0.4 is 15.4 Å². The molecule has 1 saturated carbocycles. The molecule has 2 fully saturated rings. The van der Waals surface area contributed by atoms with Gasteiger partial charge in [-0.15, -0.1) is 0 Å². The monoisotopic (exact) mass is 347 g/mol. The molecular weight excluding hydrogens is 329 g/mol. The maximum Gasteiger partial charge on any atom is 0.341 e. The van der Waals surface area contributed by atoms with Gasteiger partial charge in [-0.25, -0.2) is 9.18 Å². The number of aromatic carboxylic acids is 1. The molecule has 4 rings (SSSR count). The Labute approximate surface area is 142 Å². The normalized spacial score (nSPS) is 18.7. The minimum Gasteiger partial charge on any atom is -0.634 e. The molecule has 1 aliphatic carbocycles. The van der Waals surface area contributed by atoms with E-state index in [1.165, 1.54) is 6.20 Å². The summed E-state index contributed by atoms with van der Waals surface area (Å²) in [5.41, 5.74) is -0.100. The van der Waals surface area contributed by atoms with Crippen LogP contribution in [0.4, 0.5) is 10.1 Å². The first kappa shape index (κ1) is 16.0. The molecule has 1 saturated heterocycles. The fourth-order valence-electron chi connectivity index (χ4n) is 3.41. The lowest BCUT2D eigenvalue weighted by atomic mass is 10.1. The Morgan fingerprint density at radius 3 is 2.56 bits per heavy atom. The Hall–Kier alpha value is -2.45. The van der Waals surface area contributed by atoms with Gasteiger partial charge in [0.15, 0.2) is 0 Å². The van der Waals surface area contributed by atoms with E-state index in [2.05, 4.69) is 0 Å². The van der Waals surface area contributed by atoms with Gasteiger partial charge in [0.1, 0.15) is 11.4 Å². The van der Waals surface area contributed by atoms with Crippen molar-refractivity contribution in [2.45, 2.75) is 18.9 Å². The third-order valence-corrected chi connectivity index (χ3v) is 4.93. The molecule has 1 aromatic carbocycles. The number of quaternary nitrogens is 1. The molecule has 0 bridgehead atoms. The van der Waals surface area contributed by atoms with Crippen molar-refractivity contribution < 1.29 is 19.4 Å². The van der Waals surface area contributed by atoms with Crippen LogP contribution in [0.3, 0.4) is 0 Å². The second-order valence-corrected chi connectivity index (χ2v) is 6.66. The van der Waals surface area contributed by atoms with Gasteiger partial charge in [-0.2, -0.15) is 0 Å². The third kappa shape index (κ3) is 2.77. The predicted molar refractivity (Wildman–Crippen MR) is 89.7 cm³/mol. The number of carboxylic acid groups (broad SMARTS) is 1. The highest BCUT2D eigenvalue weighted by atomic mass is 19.1. The lowest BCUT2D eigenvalue weighted by molar-refractivity contribution is -0.848. The number of halogens is 1. The Bertz CT molecular complexity index is 914. The van der Waals surface area contributed by atoms with Crippen molar-refractivity contribution in [3.8, 4) is 0 Å². The number of carbonyl (C=O) groups is 1. The zero-order chi connectivity index (χ0) is 17.7. The summed E-state index contributed by atoms with van der Waals surface area (Å²) in [6.07, 6.45) is 3.18. The topological polar surface area (TPSA) is 90.0 Å². The SMILES string of the molecule is O=C(O)c1cn(C2CC2)c2cc(N3CC[NH+]([O-])CC3)c(F)cc2c1=O. The van der Waals surface area contributed by atoms with Gasteiger partial charge >= 0.3 is 5.97 Å². The zero-order valence-electron chi connectivity index (χ0n) is 13.5. The molecule has 2 N–H and O–H groups in total. The number of rotatable bonds is 3. The summed E-state index contributed by atoms with van der Waals surface area (Å²) >= 11 is 0. The summed E-state index contributed by atoms with van der Waals surface area (Å²) in [4.78, 5) is 25.6. The molecule has 2 aromatic rings. The average Bonchev–Trinajstić information content (AvgIpc) is 3.41. The first-order valence-electron chi connectivity index (χ1n) is 8.34. The molecule has 8 heteroatoms. The minimum absolute atomic E-state index is 0.0844. The van der Waals surface area contributed by atoms with Crippen LogP contribution in [0.1, 0.15) is 29.2 Å². The van der Waals surface area contributed by atoms with Crippen LogP contribution in [-0.2, 0) is 0 Å². The van der Waals surface area contributed by atoms with E-state index in [-0.39, 0.29) is 22.1 Å². The van der Waals surface area contributed by atoms with Gasteiger partial charge in [-0.05, 0) is 25.0 Å². The Morgan fingerprint density at radius 1 is 1.28 bits per heavy atom. The number of benzene rings is 1. The van der Waals surface area contributed by atoms with Gasteiger partial charge in [0.05, 0.1) is 37.4 Å². The molecule has 25 heavy (non-hydrogen) atoms. The number of aromatic nitrogens is 1. The molecule has 0 unspecified atom stereocenters. The van der Waals surface area contributed by atoms with Crippen molar-refractivity contribution in [1.29, 1.82) is 0 Å². The van der Waals surface area contributed by atoms with Gasteiger partial charge in [0.25, 0.3) is 0 Å². The highest BCUT2D eigenvalue weighted by Crippen LogP contribution is 2.38. The van der Waals surface area contributed by atoms with Crippen LogP contribution in [0.15, 0.2) is 23.1 Å². The summed E-state index contributed by atoms with van der Waals surface area (Å²) in [5.74, 6) is -1.87. The number of hydrogen-bond donors (Lipinski definition) is 2. The number of hydrogen-bond acceptors (Lipinski definition) is 4. The number of carboxylic acids is 1. The molecular formula is C17H18FN3O4. The maximum absolute atomic E-state index is 14.6. The maximum atomic E-state index is 14.6. The van der Waals surface area contributed by atoms with Crippen LogP contribution in [-0.4, -0.2) is 41.8 Å². The number of nitrogens with one attached hydrogen (secondary N) is 1. The minimum atomic E-state index is -1.31. The standard InChI is InChI=1S/C17H18FN3O4/c18-13-7-11-14(8-15(13)19-3-5-20(25)6-4-19)21(10-1-2-10)9-12(16(11)22)17(23)24/h7-10,20H,1-6H2,(H,23,24). The highest BCUT2D eigenvalue weighted by Gasteiger charge is 2.28. The van der Waals surface area contributed by atoms with Crippen LogP contribution in [0.25, 0.3) is 10.9 Å². The zero-order valence-corrected chi connectivity index (χ0v) is 13.5. The second kappa shape index (κ2) is 5.82. The van der Waals surface area contributed by atoms with E-state index in [4.69, 9.17) is 0 Å². The number of nitrogens with zero attached hydrogens (tertiary/aromatic N) is 2. The second-order valence-electron chi connectivity index (χ2n) is 6.66. The molecule has 7 nitrogen and oxygen atoms in total. The first-order chi connectivity index (χ1) is 12.0. The molecule has 2 aliphatic rings.